The summed E-state index contributed by atoms with van der Waals surface area (Å²) in [4.78, 5) is 23.8. The summed E-state index contributed by atoms with van der Waals surface area (Å²) >= 11 is 4.80. The molecule has 0 N–H and O–H groups in total. The van der Waals surface area contributed by atoms with Crippen LogP contribution >= 0.6 is 27.3 Å². The highest BCUT2D eigenvalue weighted by molar-refractivity contribution is 9.11. The molecule has 5 nitrogen and oxygen atoms in total. The van der Waals surface area contributed by atoms with E-state index in [0.717, 1.165) is 27.5 Å². The van der Waals surface area contributed by atoms with Crippen molar-refractivity contribution in [3.63, 3.8) is 0 Å². The van der Waals surface area contributed by atoms with Gasteiger partial charge in [-0.05, 0) is 45.1 Å². The molecule has 0 spiro atoms. The molecule has 110 valence electrons. The van der Waals surface area contributed by atoms with Crippen molar-refractivity contribution in [1.29, 1.82) is 0 Å². The summed E-state index contributed by atoms with van der Waals surface area (Å²) < 4.78 is 14.2. The normalized spacial score (nSPS) is 10.4. The number of nitrogens with zero attached hydrogens (tertiary/aromatic N) is 2. The lowest BCUT2D eigenvalue weighted by molar-refractivity contribution is -0.385. The van der Waals surface area contributed by atoms with Gasteiger partial charge in [0.15, 0.2) is 0 Å². The van der Waals surface area contributed by atoms with Crippen LogP contribution in [0.15, 0.2) is 33.4 Å². The van der Waals surface area contributed by atoms with Crippen molar-refractivity contribution in [2.75, 3.05) is 7.05 Å². The van der Waals surface area contributed by atoms with E-state index in [4.69, 9.17) is 0 Å². The van der Waals surface area contributed by atoms with Crippen LogP contribution in [0.4, 0.5) is 10.1 Å². The molecule has 0 fully saturated rings. The van der Waals surface area contributed by atoms with Crippen molar-refractivity contribution in [3.05, 3.63) is 60.5 Å². The molecule has 2 rings (SSSR count). The number of rotatable bonds is 4. The van der Waals surface area contributed by atoms with E-state index < -0.39 is 22.3 Å². The Hall–Kier alpha value is -1.80. The number of halogens is 2. The van der Waals surface area contributed by atoms with Gasteiger partial charge in [0.25, 0.3) is 11.6 Å². The Bertz CT molecular complexity index is 704. The number of benzene rings is 1. The molecule has 0 saturated heterocycles. The Kier molecular flexibility index (Phi) is 4.69. The number of nitro groups is 1. The monoisotopic (exact) mass is 372 g/mol. The van der Waals surface area contributed by atoms with Crippen LogP contribution in [-0.2, 0) is 6.54 Å². The van der Waals surface area contributed by atoms with Gasteiger partial charge in [-0.3, -0.25) is 14.9 Å². The molecule has 1 aromatic carbocycles. The summed E-state index contributed by atoms with van der Waals surface area (Å²) in [5.74, 6) is -1.28. The van der Waals surface area contributed by atoms with Gasteiger partial charge in [-0.25, -0.2) is 4.39 Å². The average Bonchev–Trinajstić information content (AvgIpc) is 2.82. The van der Waals surface area contributed by atoms with Crippen molar-refractivity contribution in [2.45, 2.75) is 6.54 Å². The van der Waals surface area contributed by atoms with E-state index in [0.29, 0.717) is 0 Å². The highest BCUT2D eigenvalue weighted by Crippen LogP contribution is 2.24. The maximum absolute atomic E-state index is 13.3. The summed E-state index contributed by atoms with van der Waals surface area (Å²) in [7, 11) is 1.52. The van der Waals surface area contributed by atoms with E-state index in [1.165, 1.54) is 23.3 Å². The van der Waals surface area contributed by atoms with Crippen LogP contribution in [-0.4, -0.2) is 22.8 Å². The Labute approximate surface area is 132 Å². The van der Waals surface area contributed by atoms with E-state index in [-0.39, 0.29) is 12.1 Å². The van der Waals surface area contributed by atoms with Crippen LogP contribution in [0.5, 0.6) is 0 Å². The van der Waals surface area contributed by atoms with Crippen LogP contribution in [0.25, 0.3) is 0 Å². The average molecular weight is 373 g/mol. The molecule has 2 aromatic rings. The van der Waals surface area contributed by atoms with Gasteiger partial charge in [-0.2, -0.15) is 0 Å². The van der Waals surface area contributed by atoms with Gasteiger partial charge in [0.2, 0.25) is 0 Å². The molecule has 0 atom stereocenters. The number of carbonyl (C=O) groups is 1. The SMILES string of the molecule is CN(Cc1csc(Br)c1)C(=O)c1cc(F)ccc1[N+](=O)[O-]. The summed E-state index contributed by atoms with van der Waals surface area (Å²) in [6, 6.07) is 4.71. The zero-order valence-electron chi connectivity index (χ0n) is 10.9. The van der Waals surface area contributed by atoms with Gasteiger partial charge in [-0.1, -0.05) is 0 Å². The lowest BCUT2D eigenvalue weighted by Crippen LogP contribution is -2.26. The molecule has 0 saturated carbocycles. The standard InChI is InChI=1S/C13H10BrFN2O3S/c1-16(6-8-4-12(14)21-7-8)13(18)10-5-9(15)2-3-11(10)17(19)20/h2-5,7H,6H2,1H3. The van der Waals surface area contributed by atoms with Crippen LogP contribution in [0.1, 0.15) is 15.9 Å². The Balaban J connectivity index is 2.26. The molecule has 1 aromatic heterocycles. The number of nitro benzene ring substituents is 1. The zero-order chi connectivity index (χ0) is 15.6. The largest absolute Gasteiger partial charge is 0.337 e. The first-order chi connectivity index (χ1) is 9.88. The number of carbonyl (C=O) groups excluding carboxylic acids is 1. The fourth-order valence-corrected chi connectivity index (χ4v) is 3.02. The molecule has 0 unspecified atom stereocenters. The summed E-state index contributed by atoms with van der Waals surface area (Å²) in [5.41, 5.74) is 0.235. The molecule has 0 aliphatic rings. The lowest BCUT2D eigenvalue weighted by Gasteiger charge is -2.16. The Morgan fingerprint density at radius 3 is 2.76 bits per heavy atom. The fraction of sp³-hybridized carbons (Fsp3) is 0.154. The van der Waals surface area contributed by atoms with Crippen LogP contribution in [0.2, 0.25) is 0 Å². The summed E-state index contributed by atoms with van der Waals surface area (Å²) in [6.07, 6.45) is 0. The van der Waals surface area contributed by atoms with E-state index in [1.807, 2.05) is 11.4 Å². The molecular weight excluding hydrogens is 363 g/mol. The number of hydrogen-bond acceptors (Lipinski definition) is 4. The zero-order valence-corrected chi connectivity index (χ0v) is 13.3. The quantitative estimate of drug-likeness (QED) is 0.605. The van der Waals surface area contributed by atoms with Gasteiger partial charge >= 0.3 is 0 Å². The third-order valence-corrected chi connectivity index (χ3v) is 4.33. The molecule has 1 amide bonds. The Morgan fingerprint density at radius 1 is 1.48 bits per heavy atom. The third kappa shape index (κ3) is 3.64. The predicted molar refractivity (Wildman–Crippen MR) is 80.9 cm³/mol. The van der Waals surface area contributed by atoms with E-state index >= 15 is 0 Å². The van der Waals surface area contributed by atoms with Crippen molar-refractivity contribution in [2.24, 2.45) is 0 Å². The smallest absolute Gasteiger partial charge is 0.282 e. The third-order valence-electron chi connectivity index (χ3n) is 2.77. The molecule has 0 aliphatic heterocycles. The minimum Gasteiger partial charge on any atom is -0.337 e. The molecule has 0 aliphatic carbocycles. The first kappa shape index (κ1) is 15.6. The van der Waals surface area contributed by atoms with Gasteiger partial charge < -0.3 is 4.90 Å². The second-order valence-corrected chi connectivity index (χ2v) is 6.63. The minimum absolute atomic E-state index is 0.253. The van der Waals surface area contributed by atoms with Crippen molar-refractivity contribution in [3.8, 4) is 0 Å². The molecular formula is C13H10BrFN2O3S. The topological polar surface area (TPSA) is 63.5 Å². The first-order valence-corrected chi connectivity index (χ1v) is 7.48. The van der Waals surface area contributed by atoms with Crippen molar-refractivity contribution < 1.29 is 14.1 Å². The second kappa shape index (κ2) is 6.31. The van der Waals surface area contributed by atoms with Gasteiger partial charge in [0.05, 0.1) is 8.71 Å². The highest BCUT2D eigenvalue weighted by Gasteiger charge is 2.23. The Morgan fingerprint density at radius 2 is 2.19 bits per heavy atom. The number of amides is 1. The highest BCUT2D eigenvalue weighted by atomic mass is 79.9. The molecule has 8 heteroatoms. The van der Waals surface area contributed by atoms with Crippen molar-refractivity contribution in [1.82, 2.24) is 4.90 Å². The summed E-state index contributed by atoms with van der Waals surface area (Å²) in [5, 5.41) is 12.8. The molecule has 0 radical (unpaired) electrons. The lowest BCUT2D eigenvalue weighted by atomic mass is 10.1. The number of hydrogen-bond donors (Lipinski definition) is 0. The van der Waals surface area contributed by atoms with Crippen LogP contribution in [0, 0.1) is 15.9 Å². The number of thiophene rings is 1. The summed E-state index contributed by atoms with van der Waals surface area (Å²) in [6.45, 7) is 0.286. The molecule has 1 heterocycles. The van der Waals surface area contributed by atoms with Crippen LogP contribution in [0.3, 0.4) is 0 Å². The van der Waals surface area contributed by atoms with Gasteiger partial charge in [-0.15, -0.1) is 11.3 Å². The van der Waals surface area contributed by atoms with Gasteiger partial charge in [0, 0.05) is 19.7 Å². The maximum Gasteiger partial charge on any atom is 0.282 e. The van der Waals surface area contributed by atoms with Gasteiger partial charge in [0.1, 0.15) is 11.4 Å². The maximum atomic E-state index is 13.3. The first-order valence-electron chi connectivity index (χ1n) is 5.81. The second-order valence-electron chi connectivity index (χ2n) is 4.34. The fourth-order valence-electron chi connectivity index (χ4n) is 1.82. The predicted octanol–water partition coefficient (Wildman–Crippen LogP) is 3.83. The van der Waals surface area contributed by atoms with Crippen molar-refractivity contribution >= 4 is 38.9 Å². The minimum atomic E-state index is -0.693. The van der Waals surface area contributed by atoms with E-state index in [9.17, 15) is 19.3 Å². The molecule has 21 heavy (non-hydrogen) atoms. The molecule has 0 bridgehead atoms. The van der Waals surface area contributed by atoms with E-state index in [2.05, 4.69) is 15.9 Å². The van der Waals surface area contributed by atoms with E-state index in [1.54, 1.807) is 0 Å². The van der Waals surface area contributed by atoms with Crippen LogP contribution < -0.4 is 0 Å².